The monoisotopic (exact) mass is 430 g/mol. The van der Waals surface area contributed by atoms with Crippen LogP contribution in [0.1, 0.15) is 30.2 Å². The van der Waals surface area contributed by atoms with Gasteiger partial charge in [0.25, 0.3) is 0 Å². The van der Waals surface area contributed by atoms with Crippen molar-refractivity contribution in [1.29, 1.82) is 0 Å². The van der Waals surface area contributed by atoms with Gasteiger partial charge in [-0.25, -0.2) is 0 Å². The average molecular weight is 431 g/mol. The molecule has 0 saturated carbocycles. The van der Waals surface area contributed by atoms with Gasteiger partial charge >= 0.3 is 0 Å². The minimum absolute atomic E-state index is 1.05. The van der Waals surface area contributed by atoms with Crippen LogP contribution in [0.5, 0.6) is 0 Å². The molecular weight excluding hydrogens is 408 g/mol. The number of fused-ring (bicyclic) bond motifs is 1. The van der Waals surface area contributed by atoms with Gasteiger partial charge in [-0.2, -0.15) is 0 Å². The maximum atomic E-state index is 4.80. The highest BCUT2D eigenvalue weighted by Gasteiger charge is 2.15. The predicted octanol–water partition coefficient (Wildman–Crippen LogP) is 8.88. The second-order valence-electron chi connectivity index (χ2n) is 7.30. The Bertz CT molecular complexity index is 1250. The fraction of sp³-hybridized carbons (Fsp3) is 0.154. The molecule has 1 aliphatic carbocycles. The lowest BCUT2D eigenvalue weighted by Crippen LogP contribution is -1.88. The molecule has 0 saturated heterocycles. The van der Waals surface area contributed by atoms with Gasteiger partial charge in [-0.3, -0.25) is 0 Å². The molecule has 0 fully saturated rings. The Morgan fingerprint density at radius 1 is 0.897 bits per heavy atom. The van der Waals surface area contributed by atoms with Gasteiger partial charge in [0.2, 0.25) is 0 Å². The van der Waals surface area contributed by atoms with E-state index in [0.29, 0.717) is 0 Å². The highest BCUT2D eigenvalue weighted by atomic mass is 32.1. The van der Waals surface area contributed by atoms with Crippen molar-refractivity contribution in [2.75, 3.05) is 0 Å². The molecule has 0 unspecified atom stereocenters. The Kier molecular flexibility index (Phi) is 5.21. The molecule has 0 bridgehead atoms. The Morgan fingerprint density at radius 3 is 2.48 bits per heavy atom. The fourth-order valence-corrected chi connectivity index (χ4v) is 7.00. The summed E-state index contributed by atoms with van der Waals surface area (Å²) in [6, 6.07) is 20.1. The average Bonchev–Trinajstić information content (AvgIpc) is 3.33. The van der Waals surface area contributed by atoms with Crippen molar-refractivity contribution in [2.24, 2.45) is 0 Å². The molecule has 0 N–H and O–H groups in total. The Morgan fingerprint density at radius 2 is 1.72 bits per heavy atom. The molecule has 0 nitrogen and oxygen atoms in total. The van der Waals surface area contributed by atoms with Gasteiger partial charge in [-0.05, 0) is 59.2 Å². The molecular formula is C26H22S3. The zero-order valence-electron chi connectivity index (χ0n) is 16.3. The van der Waals surface area contributed by atoms with Crippen LogP contribution in [-0.2, 0) is 6.42 Å². The molecule has 0 aliphatic heterocycles. The van der Waals surface area contributed by atoms with Gasteiger partial charge in [0.1, 0.15) is 0 Å². The van der Waals surface area contributed by atoms with Crippen molar-refractivity contribution in [1.82, 2.24) is 0 Å². The van der Waals surface area contributed by atoms with Gasteiger partial charge in [0.15, 0.2) is 0 Å². The summed E-state index contributed by atoms with van der Waals surface area (Å²) in [5.41, 5.74) is 6.50. The number of rotatable bonds is 4. The number of thiol groups is 1. The van der Waals surface area contributed by atoms with Crippen LogP contribution in [0, 0.1) is 0 Å². The number of hydrogen-bond acceptors (Lipinski definition) is 3. The van der Waals surface area contributed by atoms with Crippen LogP contribution in [0.15, 0.2) is 77.7 Å². The van der Waals surface area contributed by atoms with Crippen LogP contribution < -0.4 is 0 Å². The SMILES string of the molecule is CCc1sc2cc(-c3ccccc3-c3cccc(C4=CCCC=C4)c3)sc2c1S. The summed E-state index contributed by atoms with van der Waals surface area (Å²) in [6.45, 7) is 2.20. The summed E-state index contributed by atoms with van der Waals surface area (Å²) in [5, 5.41) is 0. The molecule has 2 heterocycles. The van der Waals surface area contributed by atoms with E-state index in [4.69, 9.17) is 12.6 Å². The molecule has 2 aromatic carbocycles. The number of benzene rings is 2. The van der Waals surface area contributed by atoms with E-state index < -0.39 is 0 Å². The number of hydrogen-bond donors (Lipinski definition) is 1. The van der Waals surface area contributed by atoms with Gasteiger partial charge in [-0.15, -0.1) is 35.3 Å². The fourth-order valence-electron chi connectivity index (χ4n) is 3.94. The first-order chi connectivity index (χ1) is 14.2. The molecule has 2 aromatic heterocycles. The molecule has 1 aliphatic rings. The van der Waals surface area contributed by atoms with Crippen molar-refractivity contribution < 1.29 is 0 Å². The normalized spacial score (nSPS) is 13.8. The maximum absolute atomic E-state index is 4.80. The van der Waals surface area contributed by atoms with Crippen molar-refractivity contribution in [3.63, 3.8) is 0 Å². The van der Waals surface area contributed by atoms with Crippen molar-refractivity contribution in [2.45, 2.75) is 31.1 Å². The van der Waals surface area contributed by atoms with E-state index in [2.05, 4.69) is 79.7 Å². The second-order valence-corrected chi connectivity index (χ2v) is 9.93. The van der Waals surface area contributed by atoms with Crippen LogP contribution >= 0.6 is 35.3 Å². The molecule has 0 spiro atoms. The maximum Gasteiger partial charge on any atom is 0.0593 e. The van der Waals surface area contributed by atoms with E-state index in [1.54, 1.807) is 0 Å². The first-order valence-corrected chi connectivity index (χ1v) is 12.1. The van der Waals surface area contributed by atoms with E-state index in [-0.39, 0.29) is 0 Å². The number of thiophene rings is 2. The Labute approximate surface area is 185 Å². The molecule has 4 aromatic rings. The van der Waals surface area contributed by atoms with Gasteiger partial charge < -0.3 is 0 Å². The minimum atomic E-state index is 1.05. The van der Waals surface area contributed by atoms with E-state index >= 15 is 0 Å². The second kappa shape index (κ2) is 7.98. The quantitative estimate of drug-likeness (QED) is 0.307. The highest BCUT2D eigenvalue weighted by molar-refractivity contribution is 7.81. The number of allylic oxidation sites excluding steroid dienone is 4. The lowest BCUT2D eigenvalue weighted by Gasteiger charge is -2.12. The summed E-state index contributed by atoms with van der Waals surface area (Å²) < 4.78 is 2.68. The first-order valence-electron chi connectivity index (χ1n) is 10.1. The molecule has 5 rings (SSSR count). The Balaban J connectivity index is 1.60. The third kappa shape index (κ3) is 3.52. The van der Waals surface area contributed by atoms with E-state index in [0.717, 1.165) is 19.3 Å². The van der Waals surface area contributed by atoms with E-state index in [9.17, 15) is 0 Å². The third-order valence-electron chi connectivity index (χ3n) is 5.43. The molecule has 144 valence electrons. The van der Waals surface area contributed by atoms with Crippen LogP contribution in [0.2, 0.25) is 0 Å². The summed E-state index contributed by atoms with van der Waals surface area (Å²) in [5.74, 6) is 0. The van der Waals surface area contributed by atoms with Gasteiger partial charge in [-0.1, -0.05) is 67.6 Å². The molecule has 0 atom stereocenters. The molecule has 0 radical (unpaired) electrons. The highest BCUT2D eigenvalue weighted by Crippen LogP contribution is 2.45. The topological polar surface area (TPSA) is 0 Å². The van der Waals surface area contributed by atoms with E-state index in [1.807, 2.05) is 22.7 Å². The van der Waals surface area contributed by atoms with Crippen LogP contribution in [0.4, 0.5) is 0 Å². The van der Waals surface area contributed by atoms with Gasteiger partial charge in [0, 0.05) is 19.3 Å². The van der Waals surface area contributed by atoms with Crippen LogP contribution in [0.25, 0.3) is 36.5 Å². The zero-order valence-corrected chi connectivity index (χ0v) is 18.8. The summed E-state index contributed by atoms with van der Waals surface area (Å²) in [4.78, 5) is 3.87. The number of aryl methyl sites for hydroxylation is 1. The van der Waals surface area contributed by atoms with E-state index in [1.165, 1.54) is 51.9 Å². The zero-order chi connectivity index (χ0) is 19.8. The first kappa shape index (κ1) is 18.9. The summed E-state index contributed by atoms with van der Waals surface area (Å²) in [7, 11) is 0. The summed E-state index contributed by atoms with van der Waals surface area (Å²) >= 11 is 8.54. The smallest absolute Gasteiger partial charge is 0.0593 e. The summed E-state index contributed by atoms with van der Waals surface area (Å²) in [6.07, 6.45) is 10.2. The Hall–Kier alpha value is -2.07. The molecule has 0 amide bonds. The van der Waals surface area contributed by atoms with Crippen molar-refractivity contribution >= 4 is 50.3 Å². The van der Waals surface area contributed by atoms with Gasteiger partial charge in [0.05, 0.1) is 4.70 Å². The predicted molar refractivity (Wildman–Crippen MR) is 134 cm³/mol. The third-order valence-corrected chi connectivity index (χ3v) is 8.82. The molecule has 3 heteroatoms. The van der Waals surface area contributed by atoms with Crippen molar-refractivity contribution in [3.05, 3.63) is 83.3 Å². The lowest BCUT2D eigenvalue weighted by molar-refractivity contribution is 1.04. The van der Waals surface area contributed by atoms with Crippen LogP contribution in [-0.4, -0.2) is 0 Å². The standard InChI is InChI=1S/C26H22S3/c1-2-22-25(27)26-24(28-22)16-23(29-26)21-14-7-6-13-20(21)19-12-8-11-18(15-19)17-9-4-3-5-10-17/h4,6-16,27H,2-3,5H2,1H3. The lowest BCUT2D eigenvalue weighted by atomic mass is 9.93. The van der Waals surface area contributed by atoms with Crippen LogP contribution in [0.3, 0.4) is 0 Å². The van der Waals surface area contributed by atoms with Crippen molar-refractivity contribution in [3.8, 4) is 21.6 Å². The molecule has 29 heavy (non-hydrogen) atoms. The largest absolute Gasteiger partial charge is 0.141 e. The minimum Gasteiger partial charge on any atom is -0.141 e.